The van der Waals surface area contributed by atoms with Crippen molar-refractivity contribution >= 4 is 25.3 Å². The third-order valence-corrected chi connectivity index (χ3v) is 8.07. The summed E-state index contributed by atoms with van der Waals surface area (Å²) in [6.45, 7) is 4.53. The molecule has 2 saturated heterocycles. The lowest BCUT2D eigenvalue weighted by Crippen LogP contribution is -2.47. The highest BCUT2D eigenvalue weighted by Gasteiger charge is 2.49. The normalized spacial score (nSPS) is 26.4. The fourth-order valence-corrected chi connectivity index (χ4v) is 6.13. The lowest BCUT2D eigenvalue weighted by molar-refractivity contribution is -0.140. The smallest absolute Gasteiger partial charge is 0.466 e. The van der Waals surface area contributed by atoms with Crippen LogP contribution in [-0.4, -0.2) is 92.9 Å². The zero-order chi connectivity index (χ0) is 28.2. The molecule has 3 unspecified atom stereocenters. The third-order valence-electron chi connectivity index (χ3n) is 8.07. The van der Waals surface area contributed by atoms with E-state index in [2.05, 4.69) is 9.80 Å². The van der Waals surface area contributed by atoms with Crippen molar-refractivity contribution in [2.24, 2.45) is 11.8 Å². The van der Waals surface area contributed by atoms with Gasteiger partial charge in [0.25, 0.3) is 0 Å². The molecule has 0 spiro atoms. The number of aliphatic hydroxyl groups is 1. The van der Waals surface area contributed by atoms with Gasteiger partial charge < -0.3 is 29.4 Å². The van der Waals surface area contributed by atoms with Crippen molar-refractivity contribution in [3.05, 3.63) is 24.0 Å². The summed E-state index contributed by atoms with van der Waals surface area (Å²) in [6, 6.07) is 4.82. The molecule has 0 radical (unpaired) electrons. The molecule has 2 heterocycles. The Labute approximate surface area is 227 Å². The SMILES string of the molecule is O=C1C2CCC(O)CC2C(=O)N1CCCN1CCN(c2cc(F)ccc2OC2CCCC2)CC1.O=P(O)(O)O. The number of imide groups is 1. The number of phosphoric acid groups is 1. The van der Waals surface area contributed by atoms with Gasteiger partial charge in [-0.15, -0.1) is 0 Å². The number of hydrogen-bond donors (Lipinski definition) is 4. The Hall–Kier alpha value is -2.08. The number of benzene rings is 1. The van der Waals surface area contributed by atoms with Crippen molar-refractivity contribution in [3.8, 4) is 5.75 Å². The molecule has 11 nitrogen and oxygen atoms in total. The summed E-state index contributed by atoms with van der Waals surface area (Å²) in [5, 5.41) is 9.88. The van der Waals surface area contributed by atoms with Gasteiger partial charge in [-0.3, -0.25) is 19.4 Å². The maximum absolute atomic E-state index is 14.0. The van der Waals surface area contributed by atoms with Crippen molar-refractivity contribution in [2.75, 3.05) is 44.2 Å². The highest BCUT2D eigenvalue weighted by Crippen LogP contribution is 2.38. The second-order valence-corrected chi connectivity index (χ2v) is 11.9. The molecule has 2 aliphatic heterocycles. The molecule has 1 aromatic rings. The van der Waals surface area contributed by atoms with E-state index >= 15 is 0 Å². The molecule has 5 rings (SSSR count). The molecule has 4 fully saturated rings. The summed E-state index contributed by atoms with van der Waals surface area (Å²) < 4.78 is 29.1. The van der Waals surface area contributed by atoms with E-state index in [1.807, 2.05) is 0 Å². The molecule has 1 aromatic carbocycles. The van der Waals surface area contributed by atoms with Gasteiger partial charge in [0.05, 0.1) is 29.7 Å². The van der Waals surface area contributed by atoms with E-state index in [-0.39, 0.29) is 35.6 Å². The number of anilines is 1. The second kappa shape index (κ2) is 13.1. The fourth-order valence-electron chi connectivity index (χ4n) is 6.13. The van der Waals surface area contributed by atoms with Crippen molar-refractivity contribution in [2.45, 2.75) is 63.6 Å². The van der Waals surface area contributed by atoms with Crippen LogP contribution in [-0.2, 0) is 14.2 Å². The number of carbonyl (C=O) groups excluding carboxylic acids is 2. The van der Waals surface area contributed by atoms with Crippen LogP contribution < -0.4 is 9.64 Å². The maximum Gasteiger partial charge on any atom is 0.466 e. The Morgan fingerprint density at radius 1 is 0.923 bits per heavy atom. The summed E-state index contributed by atoms with van der Waals surface area (Å²) in [5.41, 5.74) is 0.838. The number of hydrogen-bond acceptors (Lipinski definition) is 7. The first kappa shape index (κ1) is 29.9. The van der Waals surface area contributed by atoms with Gasteiger partial charge in [0.15, 0.2) is 0 Å². The van der Waals surface area contributed by atoms with Crippen molar-refractivity contribution in [3.63, 3.8) is 0 Å². The molecular weight excluding hydrogens is 532 g/mol. The molecule has 218 valence electrons. The van der Waals surface area contributed by atoms with Crippen LogP contribution >= 0.6 is 7.82 Å². The van der Waals surface area contributed by atoms with Crippen LogP contribution in [0.5, 0.6) is 5.75 Å². The first-order valence-corrected chi connectivity index (χ1v) is 15.3. The zero-order valence-corrected chi connectivity index (χ0v) is 22.9. The number of likely N-dealkylation sites (tertiary alicyclic amines) is 1. The summed E-state index contributed by atoms with van der Waals surface area (Å²) in [5.74, 6) is -0.172. The van der Waals surface area contributed by atoms with Gasteiger partial charge in [-0.25, -0.2) is 8.96 Å². The van der Waals surface area contributed by atoms with Gasteiger partial charge in [0.2, 0.25) is 11.8 Å². The van der Waals surface area contributed by atoms with Crippen LogP contribution in [0.1, 0.15) is 51.4 Å². The van der Waals surface area contributed by atoms with Crippen molar-refractivity contribution in [1.82, 2.24) is 9.80 Å². The quantitative estimate of drug-likeness (QED) is 0.282. The Bertz CT molecular complexity index is 1050. The molecule has 0 bridgehead atoms. The highest BCUT2D eigenvalue weighted by molar-refractivity contribution is 7.45. The number of rotatable bonds is 7. The zero-order valence-electron chi connectivity index (χ0n) is 22.0. The number of piperazine rings is 1. The molecule has 4 N–H and O–H groups in total. The van der Waals surface area contributed by atoms with E-state index in [1.165, 1.54) is 23.8 Å². The van der Waals surface area contributed by atoms with Gasteiger partial charge in [-0.05, 0) is 70.0 Å². The number of ether oxygens (including phenoxy) is 1. The fraction of sp³-hybridized carbons (Fsp3) is 0.692. The number of carbonyl (C=O) groups is 2. The van der Waals surface area contributed by atoms with Crippen LogP contribution in [0.4, 0.5) is 10.1 Å². The minimum atomic E-state index is -4.64. The van der Waals surface area contributed by atoms with E-state index in [1.54, 1.807) is 12.1 Å². The number of aliphatic hydroxyl groups excluding tert-OH is 1. The van der Waals surface area contributed by atoms with E-state index in [4.69, 9.17) is 24.0 Å². The molecule has 2 saturated carbocycles. The minimum absolute atomic E-state index is 0.0485. The van der Waals surface area contributed by atoms with Gasteiger partial charge in [-0.1, -0.05) is 0 Å². The van der Waals surface area contributed by atoms with Crippen LogP contribution in [0, 0.1) is 17.7 Å². The second-order valence-electron chi connectivity index (χ2n) is 10.8. The lowest BCUT2D eigenvalue weighted by Gasteiger charge is -2.37. The largest absolute Gasteiger partial charge is 0.488 e. The predicted molar refractivity (Wildman–Crippen MR) is 140 cm³/mol. The number of halogens is 1. The summed E-state index contributed by atoms with van der Waals surface area (Å²) >= 11 is 0. The Balaban J connectivity index is 0.000000648. The third kappa shape index (κ3) is 8.22. The van der Waals surface area contributed by atoms with Crippen LogP contribution in [0.15, 0.2) is 18.2 Å². The molecule has 2 amide bonds. The van der Waals surface area contributed by atoms with Crippen LogP contribution in [0.2, 0.25) is 0 Å². The first-order valence-electron chi connectivity index (χ1n) is 13.7. The van der Waals surface area contributed by atoms with E-state index < -0.39 is 13.9 Å². The standard InChI is InChI=1S/C26H36FN3O4.H3O4P/c27-18-6-9-24(34-20-4-1-2-5-20)23(16-18)29-14-12-28(13-15-29)10-3-11-30-25(32)21-8-7-19(31)17-22(21)26(30)33;1-5(2,3)4/h6,9,16,19-22,31H,1-5,7-8,10-15,17H2;(H3,1,2,3,4). The first-order chi connectivity index (χ1) is 18.5. The molecule has 3 atom stereocenters. The molecule has 39 heavy (non-hydrogen) atoms. The Kier molecular flexibility index (Phi) is 10.0. The number of amides is 2. The van der Waals surface area contributed by atoms with Gasteiger partial charge in [0.1, 0.15) is 11.6 Å². The van der Waals surface area contributed by atoms with E-state index in [0.717, 1.165) is 63.4 Å². The maximum atomic E-state index is 14.0. The molecule has 0 aromatic heterocycles. The number of nitrogens with zero attached hydrogens (tertiary/aromatic N) is 3. The minimum Gasteiger partial charge on any atom is -0.488 e. The molecular formula is C26H39FN3O8P. The molecule has 2 aliphatic carbocycles. The topological polar surface area (TPSA) is 151 Å². The van der Waals surface area contributed by atoms with Crippen molar-refractivity contribution in [1.29, 1.82) is 0 Å². The van der Waals surface area contributed by atoms with Crippen LogP contribution in [0.25, 0.3) is 0 Å². The average Bonchev–Trinajstić information content (AvgIpc) is 3.47. The van der Waals surface area contributed by atoms with Crippen molar-refractivity contribution < 1.29 is 43.1 Å². The summed E-state index contributed by atoms with van der Waals surface area (Å²) in [7, 11) is -4.64. The average molecular weight is 572 g/mol. The Morgan fingerprint density at radius 3 is 2.23 bits per heavy atom. The molecule has 4 aliphatic rings. The number of fused-ring (bicyclic) bond motifs is 1. The summed E-state index contributed by atoms with van der Waals surface area (Å²) in [6.07, 6.45) is 6.66. The van der Waals surface area contributed by atoms with E-state index in [9.17, 15) is 19.1 Å². The van der Waals surface area contributed by atoms with Gasteiger partial charge in [0, 0.05) is 38.8 Å². The Morgan fingerprint density at radius 2 is 1.56 bits per heavy atom. The van der Waals surface area contributed by atoms with E-state index in [0.29, 0.717) is 25.8 Å². The lowest BCUT2D eigenvalue weighted by atomic mass is 9.80. The van der Waals surface area contributed by atoms with Gasteiger partial charge in [-0.2, -0.15) is 0 Å². The predicted octanol–water partition coefficient (Wildman–Crippen LogP) is 1.88. The summed E-state index contributed by atoms with van der Waals surface area (Å²) in [4.78, 5) is 52.9. The molecule has 13 heteroatoms. The van der Waals surface area contributed by atoms with Gasteiger partial charge >= 0.3 is 7.82 Å². The monoisotopic (exact) mass is 571 g/mol. The highest BCUT2D eigenvalue weighted by atomic mass is 31.2. The van der Waals surface area contributed by atoms with Crippen LogP contribution in [0.3, 0.4) is 0 Å².